The standard InChI is InChI=1S/C14H13N5O/c1-8-9(2)20-13(17-8)7-19-12-5-10(6-15)3-4-11(12)18-14(19)16/h3-5H,7H2,1-2H3,(H2,16,18). The molecular formula is C14H13N5O. The molecule has 3 rings (SSSR count). The quantitative estimate of drug-likeness (QED) is 0.767. The third kappa shape index (κ3) is 1.89. The van der Waals surface area contributed by atoms with Crippen LogP contribution in [0.3, 0.4) is 0 Å². The molecule has 1 aromatic carbocycles. The van der Waals surface area contributed by atoms with Crippen LogP contribution in [-0.2, 0) is 6.54 Å². The summed E-state index contributed by atoms with van der Waals surface area (Å²) in [5, 5.41) is 8.98. The van der Waals surface area contributed by atoms with E-state index in [0.717, 1.165) is 22.5 Å². The van der Waals surface area contributed by atoms with Crippen LogP contribution < -0.4 is 5.73 Å². The Morgan fingerprint density at radius 2 is 2.15 bits per heavy atom. The van der Waals surface area contributed by atoms with Gasteiger partial charge in [-0.05, 0) is 32.0 Å². The molecule has 2 heterocycles. The van der Waals surface area contributed by atoms with Crippen LogP contribution in [0.5, 0.6) is 0 Å². The highest BCUT2D eigenvalue weighted by molar-refractivity contribution is 5.79. The number of nitrogens with zero attached hydrogens (tertiary/aromatic N) is 4. The Morgan fingerprint density at radius 3 is 2.80 bits per heavy atom. The second-order valence-electron chi connectivity index (χ2n) is 4.62. The Labute approximate surface area is 115 Å². The second-order valence-corrected chi connectivity index (χ2v) is 4.62. The zero-order valence-electron chi connectivity index (χ0n) is 11.2. The van der Waals surface area contributed by atoms with Gasteiger partial charge in [-0.3, -0.25) is 0 Å². The predicted octanol–water partition coefficient (Wildman–Crippen LogP) is 2.14. The molecule has 0 aliphatic rings. The first-order chi connectivity index (χ1) is 9.58. The van der Waals surface area contributed by atoms with Crippen molar-refractivity contribution in [3.8, 4) is 6.07 Å². The molecule has 3 aromatic rings. The van der Waals surface area contributed by atoms with Crippen molar-refractivity contribution in [3.05, 3.63) is 41.1 Å². The number of nitriles is 1. The molecule has 0 atom stereocenters. The van der Waals surface area contributed by atoms with Crippen molar-refractivity contribution in [3.63, 3.8) is 0 Å². The molecule has 0 bridgehead atoms. The van der Waals surface area contributed by atoms with Crippen LogP contribution in [0.15, 0.2) is 22.6 Å². The van der Waals surface area contributed by atoms with Crippen molar-refractivity contribution in [2.24, 2.45) is 0 Å². The number of hydrogen-bond donors (Lipinski definition) is 1. The van der Waals surface area contributed by atoms with Crippen molar-refractivity contribution in [2.75, 3.05) is 5.73 Å². The van der Waals surface area contributed by atoms with E-state index < -0.39 is 0 Å². The SMILES string of the molecule is Cc1nc(Cn2c(N)nc3ccc(C#N)cc32)oc1C. The number of nitrogen functional groups attached to an aromatic ring is 1. The van der Waals surface area contributed by atoms with E-state index in [9.17, 15) is 0 Å². The van der Waals surface area contributed by atoms with E-state index in [1.54, 1.807) is 22.8 Å². The number of fused-ring (bicyclic) bond motifs is 1. The highest BCUT2D eigenvalue weighted by Crippen LogP contribution is 2.21. The van der Waals surface area contributed by atoms with Crippen molar-refractivity contribution in [1.29, 1.82) is 5.26 Å². The Morgan fingerprint density at radius 1 is 1.35 bits per heavy atom. The van der Waals surface area contributed by atoms with Crippen LogP contribution >= 0.6 is 0 Å². The highest BCUT2D eigenvalue weighted by atomic mass is 16.4. The number of nitrogens with two attached hydrogens (primary N) is 1. The van der Waals surface area contributed by atoms with Gasteiger partial charge in [0.05, 0.1) is 28.4 Å². The molecule has 6 nitrogen and oxygen atoms in total. The van der Waals surface area contributed by atoms with Gasteiger partial charge in [-0.1, -0.05) is 0 Å². The Bertz CT molecular complexity index is 818. The molecule has 0 fully saturated rings. The summed E-state index contributed by atoms with van der Waals surface area (Å²) in [4.78, 5) is 8.62. The molecule has 0 aliphatic carbocycles. The lowest BCUT2D eigenvalue weighted by Gasteiger charge is -2.03. The number of hydrogen-bond acceptors (Lipinski definition) is 5. The third-order valence-electron chi connectivity index (χ3n) is 3.27. The smallest absolute Gasteiger partial charge is 0.214 e. The Kier molecular flexibility index (Phi) is 2.68. The van der Waals surface area contributed by atoms with Gasteiger partial charge in [0.2, 0.25) is 11.8 Å². The van der Waals surface area contributed by atoms with Gasteiger partial charge in [0.1, 0.15) is 12.3 Å². The maximum absolute atomic E-state index is 8.98. The van der Waals surface area contributed by atoms with E-state index in [1.165, 1.54) is 0 Å². The van der Waals surface area contributed by atoms with E-state index >= 15 is 0 Å². The highest BCUT2D eigenvalue weighted by Gasteiger charge is 2.13. The maximum Gasteiger partial charge on any atom is 0.214 e. The zero-order chi connectivity index (χ0) is 14.3. The second kappa shape index (κ2) is 4.38. The average molecular weight is 267 g/mol. The first-order valence-corrected chi connectivity index (χ1v) is 6.17. The Balaban J connectivity index is 2.10. The van der Waals surface area contributed by atoms with Crippen LogP contribution in [0.1, 0.15) is 22.9 Å². The fourth-order valence-electron chi connectivity index (χ4n) is 2.12. The zero-order valence-corrected chi connectivity index (χ0v) is 11.2. The molecular weight excluding hydrogens is 254 g/mol. The number of rotatable bonds is 2. The third-order valence-corrected chi connectivity index (χ3v) is 3.27. The molecule has 0 aliphatic heterocycles. The van der Waals surface area contributed by atoms with Gasteiger partial charge >= 0.3 is 0 Å². The van der Waals surface area contributed by atoms with E-state index in [-0.39, 0.29) is 0 Å². The first-order valence-electron chi connectivity index (χ1n) is 6.17. The van der Waals surface area contributed by atoms with Crippen molar-refractivity contribution in [2.45, 2.75) is 20.4 Å². The summed E-state index contributed by atoms with van der Waals surface area (Å²) in [7, 11) is 0. The summed E-state index contributed by atoms with van der Waals surface area (Å²) < 4.78 is 7.36. The molecule has 2 N–H and O–H groups in total. The molecule has 2 aromatic heterocycles. The Hall–Kier alpha value is -2.81. The summed E-state index contributed by atoms with van der Waals surface area (Å²) in [6, 6.07) is 7.38. The summed E-state index contributed by atoms with van der Waals surface area (Å²) in [5.41, 5.74) is 8.92. The lowest BCUT2D eigenvalue weighted by Crippen LogP contribution is -2.05. The van der Waals surface area contributed by atoms with Gasteiger partial charge in [0.15, 0.2) is 0 Å². The van der Waals surface area contributed by atoms with E-state index in [1.807, 2.05) is 13.8 Å². The summed E-state index contributed by atoms with van der Waals surface area (Å²) in [6.07, 6.45) is 0. The minimum absolute atomic E-state index is 0.378. The molecule has 0 saturated carbocycles. The first kappa shape index (κ1) is 12.2. The number of aryl methyl sites for hydroxylation is 2. The van der Waals surface area contributed by atoms with Crippen molar-refractivity contribution >= 4 is 17.0 Å². The van der Waals surface area contributed by atoms with Gasteiger partial charge in [-0.2, -0.15) is 5.26 Å². The van der Waals surface area contributed by atoms with E-state index in [0.29, 0.717) is 23.9 Å². The fraction of sp³-hybridized carbons (Fsp3) is 0.214. The lowest BCUT2D eigenvalue weighted by atomic mass is 10.2. The lowest BCUT2D eigenvalue weighted by molar-refractivity contribution is 0.460. The summed E-state index contributed by atoms with van der Waals surface area (Å²) >= 11 is 0. The fourth-order valence-corrected chi connectivity index (χ4v) is 2.12. The van der Waals surface area contributed by atoms with Gasteiger partial charge in [0, 0.05) is 0 Å². The summed E-state index contributed by atoms with van der Waals surface area (Å²) in [6.45, 7) is 4.16. The average Bonchev–Trinajstić information content (AvgIpc) is 2.90. The van der Waals surface area contributed by atoms with E-state index in [2.05, 4.69) is 16.0 Å². The molecule has 6 heteroatoms. The predicted molar refractivity (Wildman–Crippen MR) is 73.9 cm³/mol. The van der Waals surface area contributed by atoms with Crippen LogP contribution in [-0.4, -0.2) is 14.5 Å². The number of anilines is 1. The van der Waals surface area contributed by atoms with E-state index in [4.69, 9.17) is 15.4 Å². The number of imidazole rings is 1. The summed E-state index contributed by atoms with van der Waals surface area (Å²) in [5.74, 6) is 1.75. The van der Waals surface area contributed by atoms with Gasteiger partial charge < -0.3 is 14.7 Å². The molecule has 0 unspecified atom stereocenters. The molecule has 100 valence electrons. The van der Waals surface area contributed by atoms with Crippen molar-refractivity contribution < 1.29 is 4.42 Å². The van der Waals surface area contributed by atoms with Crippen LogP contribution in [0.4, 0.5) is 5.95 Å². The number of aromatic nitrogens is 3. The topological polar surface area (TPSA) is 93.7 Å². The molecule has 0 spiro atoms. The molecule has 0 saturated heterocycles. The molecule has 20 heavy (non-hydrogen) atoms. The van der Waals surface area contributed by atoms with Crippen LogP contribution in [0, 0.1) is 25.2 Å². The number of benzene rings is 1. The van der Waals surface area contributed by atoms with Gasteiger partial charge in [-0.25, -0.2) is 9.97 Å². The normalized spacial score (nSPS) is 10.8. The minimum atomic E-state index is 0.378. The maximum atomic E-state index is 8.98. The number of oxazole rings is 1. The minimum Gasteiger partial charge on any atom is -0.444 e. The molecule has 0 amide bonds. The van der Waals surface area contributed by atoms with Crippen LogP contribution in [0.25, 0.3) is 11.0 Å². The molecule has 0 radical (unpaired) electrons. The monoisotopic (exact) mass is 267 g/mol. The van der Waals surface area contributed by atoms with Gasteiger partial charge in [0.25, 0.3) is 0 Å². The van der Waals surface area contributed by atoms with Crippen LogP contribution in [0.2, 0.25) is 0 Å². The largest absolute Gasteiger partial charge is 0.444 e. The van der Waals surface area contributed by atoms with Gasteiger partial charge in [-0.15, -0.1) is 0 Å². The van der Waals surface area contributed by atoms with Crippen molar-refractivity contribution in [1.82, 2.24) is 14.5 Å².